The summed E-state index contributed by atoms with van der Waals surface area (Å²) in [5, 5.41) is 3.15. The summed E-state index contributed by atoms with van der Waals surface area (Å²) in [6, 6.07) is 3.45. The van der Waals surface area contributed by atoms with Crippen LogP contribution >= 0.6 is 11.3 Å². The van der Waals surface area contributed by atoms with E-state index in [4.69, 9.17) is 0 Å². The summed E-state index contributed by atoms with van der Waals surface area (Å²) in [5.41, 5.74) is 1.52. The zero-order valence-electron chi connectivity index (χ0n) is 13.4. The van der Waals surface area contributed by atoms with E-state index in [0.717, 1.165) is 30.3 Å². The quantitative estimate of drug-likeness (QED) is 0.626. The van der Waals surface area contributed by atoms with Gasteiger partial charge in [0.2, 0.25) is 0 Å². The molecule has 3 rings (SSSR count). The molecule has 0 aromatic carbocycles. The summed E-state index contributed by atoms with van der Waals surface area (Å²) in [6.45, 7) is 5.50. The minimum Gasteiger partial charge on any atom is -0.348 e. The second-order valence-corrected chi connectivity index (χ2v) is 6.82. The minimum absolute atomic E-state index is 0.407. The van der Waals surface area contributed by atoms with Crippen LogP contribution in [0.15, 0.2) is 23.7 Å². The average Bonchev–Trinajstić information content (AvgIpc) is 3.15. The lowest BCUT2D eigenvalue weighted by molar-refractivity contribution is -0.128. The maximum absolute atomic E-state index is 12.4. The van der Waals surface area contributed by atoms with E-state index in [0.29, 0.717) is 18.8 Å². The fourth-order valence-electron chi connectivity index (χ4n) is 2.77. The van der Waals surface area contributed by atoms with Crippen molar-refractivity contribution in [2.24, 2.45) is 7.05 Å². The summed E-state index contributed by atoms with van der Waals surface area (Å²) in [4.78, 5) is 33.0. The Bertz CT molecular complexity index is 713. The summed E-state index contributed by atoms with van der Waals surface area (Å²) in [6.07, 6.45) is 1.77. The molecule has 1 amide bonds. The van der Waals surface area contributed by atoms with E-state index in [1.807, 2.05) is 6.92 Å². The molecule has 2 aromatic heterocycles. The van der Waals surface area contributed by atoms with Crippen LogP contribution in [0.3, 0.4) is 0 Å². The smallest absolute Gasteiger partial charge is 0.296 e. The molecule has 3 heterocycles. The lowest BCUT2D eigenvalue weighted by Gasteiger charge is -2.33. The highest BCUT2D eigenvalue weighted by molar-refractivity contribution is 7.09. The Labute approximate surface area is 139 Å². The van der Waals surface area contributed by atoms with Gasteiger partial charge in [-0.1, -0.05) is 0 Å². The summed E-state index contributed by atoms with van der Waals surface area (Å²) >= 11 is 1.65. The molecule has 0 unspecified atom stereocenters. The molecule has 0 aliphatic carbocycles. The molecule has 1 saturated heterocycles. The molecule has 1 fully saturated rings. The van der Waals surface area contributed by atoms with E-state index in [1.165, 1.54) is 0 Å². The Hall–Kier alpha value is -1.99. The third kappa shape index (κ3) is 3.51. The van der Waals surface area contributed by atoms with E-state index in [-0.39, 0.29) is 0 Å². The Morgan fingerprint density at radius 3 is 2.57 bits per heavy atom. The van der Waals surface area contributed by atoms with Crippen LogP contribution in [0, 0.1) is 6.92 Å². The molecule has 6 nitrogen and oxygen atoms in total. The molecule has 122 valence electrons. The number of Topliss-reactive ketones (excluding diaryl/α,β-unsaturated/α-hetero) is 1. The Morgan fingerprint density at radius 1 is 1.26 bits per heavy atom. The van der Waals surface area contributed by atoms with Gasteiger partial charge < -0.3 is 9.47 Å². The van der Waals surface area contributed by atoms with Gasteiger partial charge in [0.15, 0.2) is 0 Å². The van der Waals surface area contributed by atoms with Crippen LogP contribution in [0.5, 0.6) is 0 Å². The number of rotatable bonds is 4. The first-order valence-corrected chi connectivity index (χ1v) is 8.51. The van der Waals surface area contributed by atoms with E-state index < -0.39 is 11.7 Å². The first-order chi connectivity index (χ1) is 11.0. The van der Waals surface area contributed by atoms with Gasteiger partial charge in [0.1, 0.15) is 0 Å². The third-order valence-electron chi connectivity index (χ3n) is 4.08. The number of aromatic nitrogens is 2. The van der Waals surface area contributed by atoms with Crippen LogP contribution in [0.25, 0.3) is 0 Å². The normalized spacial score (nSPS) is 15.8. The van der Waals surface area contributed by atoms with Gasteiger partial charge in [-0.3, -0.25) is 14.5 Å². The number of aryl methyl sites for hydroxylation is 2. The van der Waals surface area contributed by atoms with Crippen molar-refractivity contribution in [1.29, 1.82) is 0 Å². The van der Waals surface area contributed by atoms with Gasteiger partial charge in [-0.25, -0.2) is 4.98 Å². The number of amides is 1. The number of piperazine rings is 1. The molecule has 0 bridgehead atoms. The number of thiazole rings is 1. The van der Waals surface area contributed by atoms with E-state index in [9.17, 15) is 9.59 Å². The fraction of sp³-hybridized carbons (Fsp3) is 0.438. The molecule has 1 aliphatic heterocycles. The third-order valence-corrected chi connectivity index (χ3v) is 4.90. The van der Waals surface area contributed by atoms with Crippen molar-refractivity contribution in [2.45, 2.75) is 13.5 Å². The van der Waals surface area contributed by atoms with Crippen LogP contribution in [0.2, 0.25) is 0 Å². The number of carbonyl (C=O) groups excluding carboxylic acids is 2. The monoisotopic (exact) mass is 332 g/mol. The number of carbonyl (C=O) groups is 2. The highest BCUT2D eigenvalue weighted by atomic mass is 32.1. The van der Waals surface area contributed by atoms with Gasteiger partial charge in [0.05, 0.1) is 16.4 Å². The molecular formula is C16H20N4O2S. The second kappa shape index (κ2) is 6.64. The molecule has 0 spiro atoms. The van der Waals surface area contributed by atoms with Crippen LogP contribution in [0.4, 0.5) is 0 Å². The molecule has 0 radical (unpaired) electrons. The maximum atomic E-state index is 12.4. The first kappa shape index (κ1) is 15.9. The van der Waals surface area contributed by atoms with Crippen LogP contribution in [-0.2, 0) is 18.4 Å². The zero-order valence-corrected chi connectivity index (χ0v) is 14.2. The van der Waals surface area contributed by atoms with Gasteiger partial charge in [0.25, 0.3) is 11.7 Å². The highest BCUT2D eigenvalue weighted by Gasteiger charge is 2.28. The molecule has 0 atom stereocenters. The zero-order chi connectivity index (χ0) is 16.4. The van der Waals surface area contributed by atoms with E-state index >= 15 is 0 Å². The maximum Gasteiger partial charge on any atom is 0.296 e. The van der Waals surface area contributed by atoms with Crippen molar-refractivity contribution in [3.05, 3.63) is 40.1 Å². The van der Waals surface area contributed by atoms with Crippen molar-refractivity contribution < 1.29 is 9.59 Å². The molecule has 7 heteroatoms. The summed E-state index contributed by atoms with van der Waals surface area (Å²) < 4.78 is 1.68. The van der Waals surface area contributed by atoms with Gasteiger partial charge in [-0.15, -0.1) is 11.3 Å². The molecular weight excluding hydrogens is 312 g/mol. The fourth-order valence-corrected chi connectivity index (χ4v) is 3.37. The number of ketones is 1. The SMILES string of the molecule is Cc1nc(CN2CCN(C(=O)C(=O)c3cccn3C)CC2)cs1. The van der Waals surface area contributed by atoms with Crippen molar-refractivity contribution >= 4 is 23.0 Å². The van der Waals surface area contributed by atoms with Crippen molar-refractivity contribution in [3.8, 4) is 0 Å². The van der Waals surface area contributed by atoms with Crippen LogP contribution in [-0.4, -0.2) is 57.2 Å². The molecule has 0 saturated carbocycles. The second-order valence-electron chi connectivity index (χ2n) is 5.76. The molecule has 23 heavy (non-hydrogen) atoms. The van der Waals surface area contributed by atoms with Crippen molar-refractivity contribution in [2.75, 3.05) is 26.2 Å². The van der Waals surface area contributed by atoms with Crippen molar-refractivity contribution in [3.63, 3.8) is 0 Å². The summed E-state index contributed by atoms with van der Waals surface area (Å²) in [5.74, 6) is -0.836. The Morgan fingerprint density at radius 2 is 2.00 bits per heavy atom. The van der Waals surface area contributed by atoms with Gasteiger partial charge in [0, 0.05) is 51.3 Å². The number of nitrogens with zero attached hydrogens (tertiary/aromatic N) is 4. The standard InChI is InChI=1S/C16H20N4O2S/c1-12-17-13(11-23-12)10-19-6-8-20(9-7-19)16(22)15(21)14-4-3-5-18(14)2/h3-5,11H,6-10H2,1-2H3. The first-order valence-electron chi connectivity index (χ1n) is 7.63. The van der Waals surface area contributed by atoms with Gasteiger partial charge >= 0.3 is 0 Å². The molecule has 0 N–H and O–H groups in total. The average molecular weight is 332 g/mol. The minimum atomic E-state index is -0.430. The lowest BCUT2D eigenvalue weighted by Crippen LogP contribution is -2.50. The van der Waals surface area contributed by atoms with Gasteiger partial charge in [-0.05, 0) is 19.1 Å². The summed E-state index contributed by atoms with van der Waals surface area (Å²) in [7, 11) is 1.77. The van der Waals surface area contributed by atoms with Crippen molar-refractivity contribution in [1.82, 2.24) is 19.4 Å². The van der Waals surface area contributed by atoms with E-state index in [1.54, 1.807) is 46.2 Å². The predicted molar refractivity (Wildman–Crippen MR) is 88.5 cm³/mol. The van der Waals surface area contributed by atoms with Crippen LogP contribution in [0.1, 0.15) is 21.2 Å². The predicted octanol–water partition coefficient (Wildman–Crippen LogP) is 1.32. The topological polar surface area (TPSA) is 58.4 Å². The highest BCUT2D eigenvalue weighted by Crippen LogP contribution is 2.13. The van der Waals surface area contributed by atoms with E-state index in [2.05, 4.69) is 15.3 Å². The number of hydrogen-bond donors (Lipinski definition) is 0. The molecule has 2 aromatic rings. The number of hydrogen-bond acceptors (Lipinski definition) is 5. The van der Waals surface area contributed by atoms with Crippen LogP contribution < -0.4 is 0 Å². The Balaban J connectivity index is 1.55. The Kier molecular flexibility index (Phi) is 4.58. The lowest BCUT2D eigenvalue weighted by atomic mass is 10.2. The molecule has 1 aliphatic rings. The van der Waals surface area contributed by atoms with Gasteiger partial charge in [-0.2, -0.15) is 0 Å². The largest absolute Gasteiger partial charge is 0.348 e.